The molecule has 1 spiro atoms. The van der Waals surface area contributed by atoms with Gasteiger partial charge in [-0.2, -0.15) is 0 Å². The minimum atomic E-state index is -0.778. The number of nitrogens with one attached hydrogen (secondary N) is 1. The lowest BCUT2D eigenvalue weighted by Crippen LogP contribution is -2.53. The van der Waals surface area contributed by atoms with E-state index in [1.807, 2.05) is 4.90 Å². The predicted molar refractivity (Wildman–Crippen MR) is 87.1 cm³/mol. The zero-order valence-electron chi connectivity index (χ0n) is 14.3. The van der Waals surface area contributed by atoms with Gasteiger partial charge in [-0.05, 0) is 25.7 Å². The van der Waals surface area contributed by atoms with E-state index >= 15 is 0 Å². The standard InChI is InChI=1S/C18H28N2O4/c21-15(19-14-4-2-1-3-5-14)17(6-7-17)16(22)20-10-8-18(9-11-20)23-12-13-24-18/h14H,1-13H2,(H,19,21). The largest absolute Gasteiger partial charge is 0.352 e. The fraction of sp³-hybridized carbons (Fsp3) is 0.889. The van der Waals surface area contributed by atoms with Crippen molar-refractivity contribution < 1.29 is 19.1 Å². The lowest BCUT2D eigenvalue weighted by atomic mass is 9.93. The maximum Gasteiger partial charge on any atom is 0.238 e. The first-order valence-electron chi connectivity index (χ1n) is 9.52. The van der Waals surface area contributed by atoms with E-state index in [0.717, 1.165) is 12.8 Å². The van der Waals surface area contributed by atoms with Gasteiger partial charge in [0.25, 0.3) is 0 Å². The first-order valence-corrected chi connectivity index (χ1v) is 9.52. The topological polar surface area (TPSA) is 67.9 Å². The van der Waals surface area contributed by atoms with Crippen molar-refractivity contribution in [3.63, 3.8) is 0 Å². The first kappa shape index (κ1) is 16.3. The molecule has 0 radical (unpaired) electrons. The molecule has 2 saturated heterocycles. The number of carbonyl (C=O) groups is 2. The molecule has 4 aliphatic rings. The second-order valence-electron chi connectivity index (χ2n) is 7.79. The molecule has 0 unspecified atom stereocenters. The minimum Gasteiger partial charge on any atom is -0.352 e. The molecule has 6 nitrogen and oxygen atoms in total. The Labute approximate surface area is 143 Å². The van der Waals surface area contributed by atoms with Gasteiger partial charge in [0.1, 0.15) is 5.41 Å². The van der Waals surface area contributed by atoms with Gasteiger partial charge in [0.05, 0.1) is 13.2 Å². The summed E-state index contributed by atoms with van der Waals surface area (Å²) >= 11 is 0. The molecule has 6 heteroatoms. The zero-order chi connectivity index (χ0) is 16.6. The summed E-state index contributed by atoms with van der Waals surface area (Å²) in [5.41, 5.74) is -0.778. The Balaban J connectivity index is 1.34. The number of hydrogen-bond acceptors (Lipinski definition) is 4. The molecule has 0 aromatic heterocycles. The third-order valence-electron chi connectivity index (χ3n) is 6.16. The van der Waals surface area contributed by atoms with Crippen molar-refractivity contribution in [3.05, 3.63) is 0 Å². The van der Waals surface area contributed by atoms with Crippen LogP contribution in [0.3, 0.4) is 0 Å². The third-order valence-corrected chi connectivity index (χ3v) is 6.16. The summed E-state index contributed by atoms with van der Waals surface area (Å²) in [6.07, 6.45) is 8.53. The monoisotopic (exact) mass is 336 g/mol. The molecule has 24 heavy (non-hydrogen) atoms. The van der Waals surface area contributed by atoms with Gasteiger partial charge in [0, 0.05) is 32.0 Å². The number of rotatable bonds is 3. The van der Waals surface area contributed by atoms with Crippen LogP contribution in [0.25, 0.3) is 0 Å². The molecule has 2 amide bonds. The molecule has 2 aliphatic carbocycles. The molecule has 0 aromatic rings. The quantitative estimate of drug-likeness (QED) is 0.795. The third kappa shape index (κ3) is 2.94. The molecule has 134 valence electrons. The number of amides is 2. The molecule has 2 saturated carbocycles. The maximum atomic E-state index is 13.0. The van der Waals surface area contributed by atoms with E-state index in [0.29, 0.717) is 52.0 Å². The molecule has 0 aromatic carbocycles. The van der Waals surface area contributed by atoms with Gasteiger partial charge < -0.3 is 19.7 Å². The van der Waals surface area contributed by atoms with Crippen molar-refractivity contribution in [3.8, 4) is 0 Å². The summed E-state index contributed by atoms with van der Waals surface area (Å²) in [6, 6.07) is 0.265. The number of ether oxygens (including phenoxy) is 2. The van der Waals surface area contributed by atoms with E-state index in [2.05, 4.69) is 5.32 Å². The van der Waals surface area contributed by atoms with Crippen LogP contribution in [-0.2, 0) is 19.1 Å². The van der Waals surface area contributed by atoms with E-state index < -0.39 is 11.2 Å². The molecule has 2 aliphatic heterocycles. The van der Waals surface area contributed by atoms with Crippen LogP contribution in [0.4, 0.5) is 0 Å². The van der Waals surface area contributed by atoms with Crippen LogP contribution in [0.2, 0.25) is 0 Å². The van der Waals surface area contributed by atoms with Crippen molar-refractivity contribution in [2.45, 2.75) is 69.6 Å². The maximum absolute atomic E-state index is 13.0. The Bertz CT molecular complexity index is 495. The number of likely N-dealkylation sites (tertiary alicyclic amines) is 1. The average Bonchev–Trinajstić information content (AvgIpc) is 3.32. The van der Waals surface area contributed by atoms with E-state index in [4.69, 9.17) is 9.47 Å². The summed E-state index contributed by atoms with van der Waals surface area (Å²) in [6.45, 7) is 2.53. The number of carbonyl (C=O) groups excluding carboxylic acids is 2. The van der Waals surface area contributed by atoms with Gasteiger partial charge in [0.2, 0.25) is 11.8 Å². The Kier molecular flexibility index (Phi) is 4.29. The highest BCUT2D eigenvalue weighted by molar-refractivity contribution is 6.08. The molecule has 0 atom stereocenters. The van der Waals surface area contributed by atoms with E-state index in [1.165, 1.54) is 19.3 Å². The van der Waals surface area contributed by atoms with Crippen molar-refractivity contribution >= 4 is 11.8 Å². The molecule has 0 bridgehead atoms. The summed E-state index contributed by atoms with van der Waals surface area (Å²) in [5.74, 6) is -0.491. The summed E-state index contributed by atoms with van der Waals surface area (Å²) in [4.78, 5) is 27.5. The van der Waals surface area contributed by atoms with Crippen molar-refractivity contribution in [2.24, 2.45) is 5.41 Å². The van der Waals surface area contributed by atoms with Crippen LogP contribution in [0.5, 0.6) is 0 Å². The predicted octanol–water partition coefficient (Wildman–Crippen LogP) is 1.58. The smallest absolute Gasteiger partial charge is 0.238 e. The lowest BCUT2D eigenvalue weighted by molar-refractivity contribution is -0.188. The Hall–Kier alpha value is -1.14. The van der Waals surface area contributed by atoms with Crippen LogP contribution in [-0.4, -0.2) is 54.8 Å². The molecular formula is C18H28N2O4. The zero-order valence-corrected chi connectivity index (χ0v) is 14.3. The Morgan fingerprint density at radius 2 is 1.54 bits per heavy atom. The minimum absolute atomic E-state index is 0.0173. The normalized spacial score (nSPS) is 28.8. The van der Waals surface area contributed by atoms with E-state index in [1.54, 1.807) is 0 Å². The lowest BCUT2D eigenvalue weighted by Gasteiger charge is -2.39. The van der Waals surface area contributed by atoms with Gasteiger partial charge >= 0.3 is 0 Å². The molecule has 1 N–H and O–H groups in total. The highest BCUT2D eigenvalue weighted by atomic mass is 16.7. The second-order valence-corrected chi connectivity index (χ2v) is 7.79. The van der Waals surface area contributed by atoms with Crippen LogP contribution in [0, 0.1) is 5.41 Å². The fourth-order valence-corrected chi connectivity index (χ4v) is 4.37. The van der Waals surface area contributed by atoms with E-state index in [9.17, 15) is 9.59 Å². The average molecular weight is 336 g/mol. The van der Waals surface area contributed by atoms with Crippen molar-refractivity contribution in [1.82, 2.24) is 10.2 Å². The number of nitrogens with zero attached hydrogens (tertiary/aromatic N) is 1. The van der Waals surface area contributed by atoms with Crippen molar-refractivity contribution in [2.75, 3.05) is 26.3 Å². The van der Waals surface area contributed by atoms with Crippen LogP contribution in [0.15, 0.2) is 0 Å². The number of piperidine rings is 1. The molecular weight excluding hydrogens is 308 g/mol. The van der Waals surface area contributed by atoms with Gasteiger partial charge in [0.15, 0.2) is 5.79 Å². The summed E-state index contributed by atoms with van der Waals surface area (Å²) in [5, 5.41) is 3.15. The van der Waals surface area contributed by atoms with Gasteiger partial charge in [-0.15, -0.1) is 0 Å². The van der Waals surface area contributed by atoms with Crippen LogP contribution >= 0.6 is 0 Å². The number of hydrogen-bond donors (Lipinski definition) is 1. The van der Waals surface area contributed by atoms with Crippen molar-refractivity contribution in [1.29, 1.82) is 0 Å². The first-order chi connectivity index (χ1) is 11.6. The Morgan fingerprint density at radius 3 is 2.12 bits per heavy atom. The summed E-state index contributed by atoms with van der Waals surface area (Å²) < 4.78 is 11.4. The molecule has 2 heterocycles. The van der Waals surface area contributed by atoms with Gasteiger partial charge in [-0.25, -0.2) is 0 Å². The fourth-order valence-electron chi connectivity index (χ4n) is 4.37. The highest BCUT2D eigenvalue weighted by Crippen LogP contribution is 2.48. The SMILES string of the molecule is O=C(NC1CCCCC1)C1(C(=O)N2CCC3(CC2)OCCO3)CC1. The highest BCUT2D eigenvalue weighted by Gasteiger charge is 2.59. The van der Waals surface area contributed by atoms with Crippen LogP contribution < -0.4 is 5.32 Å². The summed E-state index contributed by atoms with van der Waals surface area (Å²) in [7, 11) is 0. The van der Waals surface area contributed by atoms with E-state index in [-0.39, 0.29) is 17.9 Å². The second kappa shape index (κ2) is 6.30. The molecule has 4 fully saturated rings. The Morgan fingerprint density at radius 1 is 0.917 bits per heavy atom. The van der Waals surface area contributed by atoms with Gasteiger partial charge in [-0.1, -0.05) is 19.3 Å². The van der Waals surface area contributed by atoms with Gasteiger partial charge in [-0.3, -0.25) is 9.59 Å². The van der Waals surface area contributed by atoms with Crippen LogP contribution in [0.1, 0.15) is 57.8 Å². The molecule has 4 rings (SSSR count).